The predicted octanol–water partition coefficient (Wildman–Crippen LogP) is -0.142. The number of methoxy groups -OCH3 is 1. The van der Waals surface area contributed by atoms with Gasteiger partial charge in [-0.15, -0.1) is 0 Å². The molecule has 7 heteroatoms. The normalized spacial score (nSPS) is 19.1. The van der Waals surface area contributed by atoms with Gasteiger partial charge < -0.3 is 15.0 Å². The molecule has 0 aromatic rings. The van der Waals surface area contributed by atoms with Gasteiger partial charge in [-0.25, -0.2) is 4.79 Å². The molecule has 4 amide bonds. The van der Waals surface area contributed by atoms with Gasteiger partial charge in [0.2, 0.25) is 5.91 Å². The van der Waals surface area contributed by atoms with Crippen molar-refractivity contribution in [2.24, 2.45) is 0 Å². The summed E-state index contributed by atoms with van der Waals surface area (Å²) in [7, 11) is 3.28. The Morgan fingerprint density at radius 2 is 2.05 bits per heavy atom. The molecular weight excluding hydrogens is 250 g/mol. The molecule has 1 rings (SSSR count). The zero-order valence-corrected chi connectivity index (χ0v) is 11.8. The van der Waals surface area contributed by atoms with Crippen LogP contribution in [0, 0.1) is 0 Å². The number of carbonyl (C=O) groups excluding carboxylic acids is 3. The summed E-state index contributed by atoms with van der Waals surface area (Å²) in [5.74, 6) is -0.465. The second-order valence-corrected chi connectivity index (χ2v) is 5.25. The van der Waals surface area contributed by atoms with Gasteiger partial charge in [0.05, 0.1) is 12.1 Å². The van der Waals surface area contributed by atoms with Crippen molar-refractivity contribution < 1.29 is 19.1 Å². The van der Waals surface area contributed by atoms with Crippen LogP contribution in [0.25, 0.3) is 0 Å². The number of hydrogen-bond acceptors (Lipinski definition) is 4. The Morgan fingerprint density at radius 3 is 2.53 bits per heavy atom. The van der Waals surface area contributed by atoms with Crippen LogP contribution in [0.5, 0.6) is 0 Å². The predicted molar refractivity (Wildman–Crippen MR) is 68.4 cm³/mol. The Bertz CT molecular complexity index is 381. The minimum atomic E-state index is -0.615. The van der Waals surface area contributed by atoms with Crippen LogP contribution < -0.4 is 10.6 Å². The van der Waals surface area contributed by atoms with Crippen molar-refractivity contribution in [1.29, 1.82) is 0 Å². The molecule has 0 aromatic heterocycles. The molecule has 19 heavy (non-hydrogen) atoms. The van der Waals surface area contributed by atoms with Crippen LogP contribution in [-0.4, -0.2) is 55.1 Å². The van der Waals surface area contributed by atoms with E-state index >= 15 is 0 Å². The number of ether oxygens (including phenoxy) is 1. The number of carbonyl (C=O) groups is 3. The lowest BCUT2D eigenvalue weighted by molar-refractivity contribution is -0.136. The van der Waals surface area contributed by atoms with Crippen molar-refractivity contribution in [1.82, 2.24) is 15.5 Å². The maximum atomic E-state index is 12.0. The average Bonchev–Trinajstić information content (AvgIpc) is 2.63. The summed E-state index contributed by atoms with van der Waals surface area (Å²) in [4.78, 5) is 35.9. The molecule has 0 aromatic carbocycles. The first-order chi connectivity index (χ1) is 8.77. The molecule has 2 N–H and O–H groups in total. The molecule has 0 radical (unpaired) electrons. The van der Waals surface area contributed by atoms with E-state index < -0.39 is 17.6 Å². The third kappa shape index (κ3) is 3.92. The van der Waals surface area contributed by atoms with E-state index in [9.17, 15) is 14.4 Å². The molecule has 1 heterocycles. The first kappa shape index (κ1) is 15.4. The minimum absolute atomic E-state index is 0.0870. The fraction of sp³-hybridized carbons (Fsp3) is 0.750. The summed E-state index contributed by atoms with van der Waals surface area (Å²) in [6, 6.07) is -1.12. The van der Waals surface area contributed by atoms with E-state index in [1.54, 1.807) is 19.1 Å². The van der Waals surface area contributed by atoms with E-state index in [0.29, 0.717) is 13.0 Å². The fourth-order valence-electron chi connectivity index (χ4n) is 1.89. The fourth-order valence-corrected chi connectivity index (χ4v) is 1.89. The van der Waals surface area contributed by atoms with Crippen molar-refractivity contribution in [3.8, 4) is 0 Å². The summed E-state index contributed by atoms with van der Waals surface area (Å²) in [6.07, 6.45) is 0.492. The lowest BCUT2D eigenvalue weighted by Crippen LogP contribution is -2.48. The van der Waals surface area contributed by atoms with Crippen LogP contribution in [0.2, 0.25) is 0 Å². The van der Waals surface area contributed by atoms with E-state index in [1.165, 1.54) is 0 Å². The molecule has 1 aliphatic rings. The molecule has 0 saturated carbocycles. The number of urea groups is 1. The minimum Gasteiger partial charge on any atom is -0.382 e. The first-order valence-electron chi connectivity index (χ1n) is 6.15. The number of imide groups is 1. The third-order valence-corrected chi connectivity index (χ3v) is 3.29. The van der Waals surface area contributed by atoms with Crippen molar-refractivity contribution >= 4 is 17.8 Å². The summed E-state index contributed by atoms with van der Waals surface area (Å²) in [5, 5.41) is 4.60. The highest BCUT2D eigenvalue weighted by atomic mass is 16.5. The van der Waals surface area contributed by atoms with E-state index in [1.807, 2.05) is 13.8 Å². The molecule has 1 saturated heterocycles. The van der Waals surface area contributed by atoms with Crippen molar-refractivity contribution in [2.75, 3.05) is 20.8 Å². The molecule has 108 valence electrons. The first-order valence-corrected chi connectivity index (χ1v) is 6.15. The zero-order chi connectivity index (χ0) is 14.6. The van der Waals surface area contributed by atoms with Crippen LogP contribution in [-0.2, 0) is 14.3 Å². The van der Waals surface area contributed by atoms with Crippen molar-refractivity contribution in [3.63, 3.8) is 0 Å². The molecule has 0 unspecified atom stereocenters. The Labute approximate surface area is 112 Å². The largest absolute Gasteiger partial charge is 0.382 e. The quantitative estimate of drug-likeness (QED) is 0.658. The number of nitrogens with zero attached hydrogens (tertiary/aromatic N) is 1. The molecule has 0 spiro atoms. The summed E-state index contributed by atoms with van der Waals surface area (Å²) < 4.78 is 5.07. The van der Waals surface area contributed by atoms with Gasteiger partial charge in [-0.05, 0) is 20.3 Å². The molecule has 7 nitrogen and oxygen atoms in total. The maximum Gasteiger partial charge on any atom is 0.322 e. The molecular formula is C12H21N3O4. The summed E-state index contributed by atoms with van der Waals surface area (Å²) >= 11 is 0. The monoisotopic (exact) mass is 271 g/mol. The smallest absolute Gasteiger partial charge is 0.322 e. The van der Waals surface area contributed by atoms with E-state index in [0.717, 1.165) is 0 Å². The molecule has 1 atom stereocenters. The summed E-state index contributed by atoms with van der Waals surface area (Å²) in [6.45, 7) is 4.23. The Hall–Kier alpha value is -1.63. The Morgan fingerprint density at radius 1 is 1.42 bits per heavy atom. The van der Waals surface area contributed by atoms with E-state index in [2.05, 4.69) is 10.6 Å². The van der Waals surface area contributed by atoms with Crippen LogP contribution in [0.1, 0.15) is 26.7 Å². The van der Waals surface area contributed by atoms with Gasteiger partial charge in [0.25, 0.3) is 5.91 Å². The lowest BCUT2D eigenvalue weighted by atomic mass is 10.0. The van der Waals surface area contributed by atoms with Gasteiger partial charge in [0, 0.05) is 20.6 Å². The topological polar surface area (TPSA) is 87.7 Å². The highest BCUT2D eigenvalue weighted by Crippen LogP contribution is 2.15. The molecule has 0 aliphatic carbocycles. The maximum absolute atomic E-state index is 12.0. The second-order valence-electron chi connectivity index (χ2n) is 5.25. The van der Waals surface area contributed by atoms with E-state index in [4.69, 9.17) is 4.74 Å². The number of likely N-dealkylation sites (N-methyl/N-ethyl adjacent to an activating group) is 1. The van der Waals surface area contributed by atoms with Gasteiger partial charge in [-0.3, -0.25) is 14.9 Å². The van der Waals surface area contributed by atoms with Crippen molar-refractivity contribution in [3.05, 3.63) is 0 Å². The van der Waals surface area contributed by atoms with Gasteiger partial charge in [0.1, 0.15) is 6.04 Å². The van der Waals surface area contributed by atoms with E-state index in [-0.39, 0.29) is 18.2 Å². The number of nitrogens with one attached hydrogen (secondary N) is 2. The number of amides is 4. The van der Waals surface area contributed by atoms with Crippen LogP contribution in [0.3, 0.4) is 0 Å². The lowest BCUT2D eigenvalue weighted by Gasteiger charge is -2.35. The standard InChI is InChI=1S/C12H21N3O4/c1-12(2,7-19-4)15(3)9(16)6-5-8-10(17)14-11(18)13-8/h8H,5-7H2,1-4H3,(H2,13,14,17,18)/t8-/m0/s1. The van der Waals surface area contributed by atoms with Crippen LogP contribution in [0.4, 0.5) is 4.79 Å². The third-order valence-electron chi connectivity index (χ3n) is 3.29. The van der Waals surface area contributed by atoms with Crippen LogP contribution >= 0.6 is 0 Å². The second kappa shape index (κ2) is 6.01. The molecule has 1 fully saturated rings. The highest BCUT2D eigenvalue weighted by molar-refractivity contribution is 6.04. The SMILES string of the molecule is COCC(C)(C)N(C)C(=O)CC[C@@H]1NC(=O)NC1=O. The van der Waals surface area contributed by atoms with Gasteiger partial charge in [-0.2, -0.15) is 0 Å². The molecule has 0 bridgehead atoms. The number of rotatable bonds is 6. The molecule has 1 aliphatic heterocycles. The van der Waals surface area contributed by atoms with Gasteiger partial charge in [-0.1, -0.05) is 0 Å². The zero-order valence-electron chi connectivity index (χ0n) is 11.8. The average molecular weight is 271 g/mol. The van der Waals surface area contributed by atoms with Crippen LogP contribution in [0.15, 0.2) is 0 Å². The van der Waals surface area contributed by atoms with Gasteiger partial charge >= 0.3 is 6.03 Å². The number of hydrogen-bond donors (Lipinski definition) is 2. The summed E-state index contributed by atoms with van der Waals surface area (Å²) in [5.41, 5.74) is -0.410. The Kier molecular flexibility index (Phi) is 4.88. The Balaban J connectivity index is 2.47. The van der Waals surface area contributed by atoms with Gasteiger partial charge in [0.15, 0.2) is 0 Å². The highest BCUT2D eigenvalue weighted by Gasteiger charge is 2.32. The van der Waals surface area contributed by atoms with Crippen molar-refractivity contribution in [2.45, 2.75) is 38.3 Å².